The molecule has 0 spiro atoms. The molecule has 37 heavy (non-hydrogen) atoms. The molecule has 5 nitrogen and oxygen atoms in total. The van der Waals surface area contributed by atoms with E-state index in [9.17, 15) is 15.0 Å². The van der Waals surface area contributed by atoms with Crippen molar-refractivity contribution in [1.82, 2.24) is 0 Å². The summed E-state index contributed by atoms with van der Waals surface area (Å²) in [5, 5.41) is 21.4. The lowest BCUT2D eigenvalue weighted by molar-refractivity contribution is -0.208. The van der Waals surface area contributed by atoms with Gasteiger partial charge >= 0.3 is 5.97 Å². The first kappa shape index (κ1) is 33.3. The molecule has 0 aromatic heterocycles. The van der Waals surface area contributed by atoms with E-state index in [1.807, 2.05) is 0 Å². The third-order valence-electron chi connectivity index (χ3n) is 7.28. The Morgan fingerprint density at radius 2 is 1.03 bits per heavy atom. The van der Waals surface area contributed by atoms with Gasteiger partial charge in [-0.05, 0) is 56.1 Å². The van der Waals surface area contributed by atoms with Crippen molar-refractivity contribution in [1.29, 1.82) is 0 Å². The van der Waals surface area contributed by atoms with E-state index in [4.69, 9.17) is 9.78 Å². The molecule has 1 aromatic rings. The molecule has 0 amide bonds. The number of hydrogen-bond donors (Lipinski definition) is 2. The Labute approximate surface area is 227 Å². The number of rotatable bonds is 24. The van der Waals surface area contributed by atoms with E-state index in [1.165, 1.54) is 51.4 Å². The van der Waals surface area contributed by atoms with E-state index in [-0.39, 0.29) is 17.1 Å². The molecule has 0 radical (unpaired) electrons. The molecule has 0 atom stereocenters. The minimum atomic E-state index is -1.08. The molecule has 1 rings (SSSR count). The van der Waals surface area contributed by atoms with Gasteiger partial charge in [-0.25, -0.2) is 4.79 Å². The maximum Gasteiger partial charge on any atom is 0.339 e. The average molecular weight is 521 g/mol. The van der Waals surface area contributed by atoms with Crippen molar-refractivity contribution >= 4 is 5.97 Å². The van der Waals surface area contributed by atoms with Crippen molar-refractivity contribution in [3.05, 3.63) is 22.3 Å². The van der Waals surface area contributed by atoms with Crippen LogP contribution in [0.2, 0.25) is 0 Å². The van der Waals surface area contributed by atoms with Crippen LogP contribution in [0, 0.1) is 0 Å². The van der Waals surface area contributed by atoms with Crippen molar-refractivity contribution in [2.24, 2.45) is 0 Å². The normalized spacial score (nSPS) is 11.2. The first-order chi connectivity index (χ1) is 18.0. The van der Waals surface area contributed by atoms with Crippen LogP contribution >= 0.6 is 0 Å². The topological polar surface area (TPSA) is 76.0 Å². The zero-order valence-electron chi connectivity index (χ0n) is 24.5. The summed E-state index contributed by atoms with van der Waals surface area (Å²) in [4.78, 5) is 23.7. The molecular formula is C32H56O5. The molecule has 0 aliphatic rings. The maximum absolute atomic E-state index is 12.5. The van der Waals surface area contributed by atoms with Gasteiger partial charge in [-0.2, -0.15) is 4.89 Å². The molecule has 214 valence electrons. The van der Waals surface area contributed by atoms with Gasteiger partial charge in [0, 0.05) is 5.56 Å². The van der Waals surface area contributed by atoms with E-state index in [0.29, 0.717) is 13.0 Å². The molecule has 5 heteroatoms. The molecule has 0 saturated heterocycles. The predicted molar refractivity (Wildman–Crippen MR) is 154 cm³/mol. The van der Waals surface area contributed by atoms with Crippen molar-refractivity contribution in [3.8, 4) is 11.5 Å². The van der Waals surface area contributed by atoms with E-state index >= 15 is 0 Å². The summed E-state index contributed by atoms with van der Waals surface area (Å²) in [5.41, 5.74) is 2.89. The van der Waals surface area contributed by atoms with Gasteiger partial charge in [-0.15, -0.1) is 0 Å². The van der Waals surface area contributed by atoms with Gasteiger partial charge in [-0.1, -0.05) is 111 Å². The van der Waals surface area contributed by atoms with Crippen LogP contribution in [0.5, 0.6) is 11.5 Å². The Bertz CT molecular complexity index is 743. The van der Waals surface area contributed by atoms with Gasteiger partial charge < -0.3 is 15.1 Å². The van der Waals surface area contributed by atoms with E-state index < -0.39 is 5.97 Å². The lowest BCUT2D eigenvalue weighted by Gasteiger charge is -2.22. The second-order valence-electron chi connectivity index (χ2n) is 10.5. The zero-order valence-corrected chi connectivity index (χ0v) is 24.5. The lowest BCUT2D eigenvalue weighted by atomic mass is 9.85. The van der Waals surface area contributed by atoms with E-state index in [0.717, 1.165) is 87.3 Å². The number of carbonyl (C=O) groups is 1. The maximum atomic E-state index is 12.5. The summed E-state index contributed by atoms with van der Waals surface area (Å²) in [6.45, 7) is 9.13. The number of unbranched alkanes of at least 4 members (excludes halogenated alkanes) is 13. The number of aromatic hydroxyl groups is 1. The molecule has 0 saturated carbocycles. The standard InChI is InChI=1S/C32H56O5/c1-5-9-13-16-19-22-26-27(23-20-17-14-10-6-2)29(32(34)35)30(33)31(37-36-25-12-8-4)28(26)24-21-18-15-11-7-3/h33H,5-25H2,1-4H3,(H,34,35). The Kier molecular flexibility index (Phi) is 19.1. The highest BCUT2D eigenvalue weighted by molar-refractivity contribution is 5.94. The van der Waals surface area contributed by atoms with Crippen LogP contribution in [0.1, 0.15) is 164 Å². The van der Waals surface area contributed by atoms with Crippen molar-refractivity contribution in [3.63, 3.8) is 0 Å². The molecule has 0 fully saturated rings. The van der Waals surface area contributed by atoms with Crippen LogP contribution in [-0.4, -0.2) is 22.8 Å². The van der Waals surface area contributed by atoms with E-state index in [1.54, 1.807) is 0 Å². The van der Waals surface area contributed by atoms with Crippen LogP contribution in [0.4, 0.5) is 0 Å². The van der Waals surface area contributed by atoms with Gasteiger partial charge in [0.25, 0.3) is 0 Å². The number of carboxylic acid groups (broad SMARTS) is 1. The van der Waals surface area contributed by atoms with Crippen molar-refractivity contribution in [2.45, 2.75) is 156 Å². The minimum Gasteiger partial charge on any atom is -0.504 e. The summed E-state index contributed by atoms with van der Waals surface area (Å²) in [7, 11) is 0. The van der Waals surface area contributed by atoms with Crippen LogP contribution in [0.15, 0.2) is 0 Å². The van der Waals surface area contributed by atoms with Gasteiger partial charge in [0.05, 0.1) is 6.61 Å². The molecule has 2 N–H and O–H groups in total. The highest BCUT2D eigenvalue weighted by Crippen LogP contribution is 2.42. The fraction of sp³-hybridized carbons (Fsp3) is 0.781. The van der Waals surface area contributed by atoms with E-state index in [2.05, 4.69) is 27.7 Å². The minimum absolute atomic E-state index is 0.0166. The fourth-order valence-corrected chi connectivity index (χ4v) is 5.05. The van der Waals surface area contributed by atoms with Crippen LogP contribution in [0.3, 0.4) is 0 Å². The molecular weight excluding hydrogens is 464 g/mol. The van der Waals surface area contributed by atoms with Crippen LogP contribution < -0.4 is 4.89 Å². The zero-order chi connectivity index (χ0) is 27.3. The van der Waals surface area contributed by atoms with Gasteiger partial charge in [0.2, 0.25) is 5.75 Å². The number of carboxylic acids is 1. The highest BCUT2D eigenvalue weighted by atomic mass is 17.2. The smallest absolute Gasteiger partial charge is 0.339 e. The monoisotopic (exact) mass is 520 g/mol. The quantitative estimate of drug-likeness (QED) is 0.0806. The lowest BCUT2D eigenvalue weighted by Crippen LogP contribution is -2.14. The summed E-state index contributed by atoms with van der Waals surface area (Å²) < 4.78 is 0. The van der Waals surface area contributed by atoms with Crippen LogP contribution in [-0.2, 0) is 24.2 Å². The summed E-state index contributed by atoms with van der Waals surface area (Å²) in [6, 6.07) is 0. The predicted octanol–water partition coefficient (Wildman–Crippen LogP) is 9.74. The summed E-state index contributed by atoms with van der Waals surface area (Å²) in [6.07, 6.45) is 21.1. The number of phenols is 1. The molecule has 0 bridgehead atoms. The average Bonchev–Trinajstić information content (AvgIpc) is 2.88. The number of aromatic carboxylic acids is 1. The Morgan fingerprint density at radius 3 is 1.49 bits per heavy atom. The third-order valence-corrected chi connectivity index (χ3v) is 7.28. The van der Waals surface area contributed by atoms with Crippen molar-refractivity contribution < 1.29 is 24.8 Å². The second-order valence-corrected chi connectivity index (χ2v) is 10.5. The molecule has 0 unspecified atom stereocenters. The molecule has 0 aliphatic heterocycles. The SMILES string of the molecule is CCCCCCCc1c(CCCCCCC)c(OOCCCC)c(O)c(C(=O)O)c1CCCCCCC. The highest BCUT2D eigenvalue weighted by Gasteiger charge is 2.28. The number of benzene rings is 1. The molecule has 0 heterocycles. The first-order valence-corrected chi connectivity index (χ1v) is 15.4. The number of hydrogen-bond acceptors (Lipinski definition) is 4. The Morgan fingerprint density at radius 1 is 0.595 bits per heavy atom. The van der Waals surface area contributed by atoms with Gasteiger partial charge in [0.15, 0.2) is 5.75 Å². The molecule has 0 aliphatic carbocycles. The Hall–Kier alpha value is -1.75. The van der Waals surface area contributed by atoms with Crippen LogP contribution in [0.25, 0.3) is 0 Å². The fourth-order valence-electron chi connectivity index (χ4n) is 5.05. The molecule has 1 aromatic carbocycles. The van der Waals surface area contributed by atoms with Gasteiger partial charge in [-0.3, -0.25) is 0 Å². The summed E-state index contributed by atoms with van der Waals surface area (Å²) in [5.74, 6) is -1.10. The summed E-state index contributed by atoms with van der Waals surface area (Å²) >= 11 is 0. The van der Waals surface area contributed by atoms with Gasteiger partial charge in [0.1, 0.15) is 5.56 Å². The largest absolute Gasteiger partial charge is 0.504 e. The third kappa shape index (κ3) is 12.6. The van der Waals surface area contributed by atoms with Crippen molar-refractivity contribution in [2.75, 3.05) is 6.61 Å². The second kappa shape index (κ2) is 21.2. The first-order valence-electron chi connectivity index (χ1n) is 15.4. The Balaban J connectivity index is 3.42.